The highest BCUT2D eigenvalue weighted by molar-refractivity contribution is 5.95. The van der Waals surface area contributed by atoms with E-state index in [1.165, 1.54) is 6.07 Å². The zero-order valence-electron chi connectivity index (χ0n) is 15.4. The summed E-state index contributed by atoms with van der Waals surface area (Å²) in [5, 5.41) is 2.71. The molecule has 2 rings (SSSR count). The minimum absolute atomic E-state index is 0.334. The lowest BCUT2D eigenvalue weighted by atomic mass is 10.0. The quantitative estimate of drug-likeness (QED) is 0.735. The third kappa shape index (κ3) is 5.39. The van der Waals surface area contributed by atoms with Crippen LogP contribution < -0.4 is 14.8 Å². The van der Waals surface area contributed by atoms with Crippen LogP contribution in [0.3, 0.4) is 0 Å². The van der Waals surface area contributed by atoms with Crippen molar-refractivity contribution in [2.45, 2.75) is 33.0 Å². The summed E-state index contributed by atoms with van der Waals surface area (Å²) < 4.78 is 49.5. The molecule has 2 aromatic carbocycles. The van der Waals surface area contributed by atoms with Crippen LogP contribution in [-0.2, 0) is 6.18 Å². The fourth-order valence-corrected chi connectivity index (χ4v) is 2.54. The molecule has 0 aliphatic carbocycles. The van der Waals surface area contributed by atoms with Gasteiger partial charge in [-0.15, -0.1) is 0 Å². The Morgan fingerprint density at radius 3 is 2.33 bits per heavy atom. The van der Waals surface area contributed by atoms with Gasteiger partial charge in [0, 0.05) is 5.56 Å². The average molecular weight is 381 g/mol. The van der Waals surface area contributed by atoms with Crippen LogP contribution in [0.15, 0.2) is 42.5 Å². The molecule has 146 valence electrons. The van der Waals surface area contributed by atoms with Crippen molar-refractivity contribution in [1.29, 1.82) is 0 Å². The first-order chi connectivity index (χ1) is 12.8. The molecule has 0 heterocycles. The van der Waals surface area contributed by atoms with Gasteiger partial charge in [0.15, 0.2) is 11.5 Å². The molecule has 1 atom stereocenters. The Kier molecular flexibility index (Phi) is 6.71. The van der Waals surface area contributed by atoms with Gasteiger partial charge >= 0.3 is 6.18 Å². The molecule has 4 nitrogen and oxygen atoms in total. The molecular weight excluding hydrogens is 359 g/mol. The summed E-state index contributed by atoms with van der Waals surface area (Å²) in [7, 11) is 0. The van der Waals surface area contributed by atoms with E-state index in [0.29, 0.717) is 35.8 Å². The molecule has 1 N–H and O–H groups in total. The number of carbonyl (C=O) groups is 1. The summed E-state index contributed by atoms with van der Waals surface area (Å²) in [4.78, 5) is 12.5. The zero-order chi connectivity index (χ0) is 20.0. The molecule has 0 bridgehead atoms. The molecule has 1 unspecified atom stereocenters. The number of benzene rings is 2. The number of carbonyl (C=O) groups excluding carboxylic acids is 1. The Hall–Kier alpha value is -2.70. The number of alkyl halides is 3. The third-order valence-electron chi connectivity index (χ3n) is 3.87. The highest BCUT2D eigenvalue weighted by atomic mass is 19.4. The van der Waals surface area contributed by atoms with Crippen LogP contribution >= 0.6 is 0 Å². The van der Waals surface area contributed by atoms with E-state index < -0.39 is 23.7 Å². The van der Waals surface area contributed by atoms with E-state index in [9.17, 15) is 18.0 Å². The Bertz CT molecular complexity index is 790. The van der Waals surface area contributed by atoms with Gasteiger partial charge in [-0.25, -0.2) is 0 Å². The van der Waals surface area contributed by atoms with Crippen LogP contribution in [0.5, 0.6) is 11.5 Å². The number of amides is 1. The lowest BCUT2D eigenvalue weighted by Crippen LogP contribution is -2.27. The van der Waals surface area contributed by atoms with Crippen molar-refractivity contribution >= 4 is 5.91 Å². The van der Waals surface area contributed by atoms with Crippen LogP contribution in [0.1, 0.15) is 48.3 Å². The number of hydrogen-bond acceptors (Lipinski definition) is 3. The van der Waals surface area contributed by atoms with Crippen molar-refractivity contribution in [3.8, 4) is 11.5 Å². The van der Waals surface area contributed by atoms with Crippen LogP contribution in [0.2, 0.25) is 0 Å². The molecule has 0 saturated heterocycles. The lowest BCUT2D eigenvalue weighted by molar-refractivity contribution is -0.137. The van der Waals surface area contributed by atoms with Gasteiger partial charge in [0.25, 0.3) is 5.91 Å². The standard InChI is InChI=1S/C20H22F3NO3/c1-4-26-17-10-9-15(12-18(17)27-5-2)19(25)24-13(3)14-7-6-8-16(11-14)20(21,22)23/h6-13H,4-5H2,1-3H3,(H,24,25). The summed E-state index contributed by atoms with van der Waals surface area (Å²) in [6.07, 6.45) is -4.43. The minimum atomic E-state index is -4.43. The Labute approximate surface area is 156 Å². The minimum Gasteiger partial charge on any atom is -0.490 e. The average Bonchev–Trinajstić information content (AvgIpc) is 2.63. The molecule has 0 spiro atoms. The van der Waals surface area contributed by atoms with E-state index in [2.05, 4.69) is 5.32 Å². The molecule has 2 aromatic rings. The first kappa shape index (κ1) is 20.6. The smallest absolute Gasteiger partial charge is 0.416 e. The molecule has 27 heavy (non-hydrogen) atoms. The van der Waals surface area contributed by atoms with Crippen molar-refractivity contribution < 1.29 is 27.4 Å². The largest absolute Gasteiger partial charge is 0.490 e. The summed E-state index contributed by atoms with van der Waals surface area (Å²) >= 11 is 0. The van der Waals surface area contributed by atoms with Gasteiger partial charge in [-0.1, -0.05) is 12.1 Å². The second kappa shape index (κ2) is 8.79. The Morgan fingerprint density at radius 1 is 1.04 bits per heavy atom. The van der Waals surface area contributed by atoms with Crippen molar-refractivity contribution in [1.82, 2.24) is 5.32 Å². The van der Waals surface area contributed by atoms with Gasteiger partial charge in [-0.3, -0.25) is 4.79 Å². The number of rotatable bonds is 7. The highest BCUT2D eigenvalue weighted by Gasteiger charge is 2.30. The molecular formula is C20H22F3NO3. The van der Waals surface area contributed by atoms with Gasteiger partial charge in [0.1, 0.15) is 0 Å². The van der Waals surface area contributed by atoms with E-state index in [1.807, 2.05) is 13.8 Å². The van der Waals surface area contributed by atoms with Crippen LogP contribution in [0.4, 0.5) is 13.2 Å². The van der Waals surface area contributed by atoms with Crippen molar-refractivity contribution in [3.63, 3.8) is 0 Å². The fourth-order valence-electron chi connectivity index (χ4n) is 2.54. The monoisotopic (exact) mass is 381 g/mol. The molecule has 0 aliphatic heterocycles. The molecule has 7 heteroatoms. The summed E-state index contributed by atoms with van der Waals surface area (Å²) in [6, 6.07) is 9.09. The van der Waals surface area contributed by atoms with Crippen LogP contribution in [0, 0.1) is 0 Å². The maximum atomic E-state index is 12.9. The highest BCUT2D eigenvalue weighted by Crippen LogP contribution is 2.31. The van der Waals surface area contributed by atoms with Crippen LogP contribution in [0.25, 0.3) is 0 Å². The van der Waals surface area contributed by atoms with Gasteiger partial charge in [-0.2, -0.15) is 13.2 Å². The maximum absolute atomic E-state index is 12.9. The molecule has 0 saturated carbocycles. The summed E-state index contributed by atoms with van der Waals surface area (Å²) in [5.74, 6) is 0.560. The van der Waals surface area contributed by atoms with Gasteiger partial charge < -0.3 is 14.8 Å². The van der Waals surface area contributed by atoms with Gasteiger partial charge in [0.05, 0.1) is 24.8 Å². The van der Waals surface area contributed by atoms with Crippen molar-refractivity contribution in [3.05, 3.63) is 59.2 Å². The second-order valence-electron chi connectivity index (χ2n) is 5.85. The summed E-state index contributed by atoms with van der Waals surface area (Å²) in [5.41, 5.74) is -0.0457. The SMILES string of the molecule is CCOc1ccc(C(=O)NC(C)c2cccc(C(F)(F)F)c2)cc1OCC. The Balaban J connectivity index is 2.18. The molecule has 1 amide bonds. The lowest BCUT2D eigenvalue weighted by Gasteiger charge is -2.17. The van der Waals surface area contributed by atoms with Gasteiger partial charge in [-0.05, 0) is 56.7 Å². The van der Waals surface area contributed by atoms with E-state index in [4.69, 9.17) is 9.47 Å². The predicted octanol–water partition coefficient (Wildman–Crippen LogP) is 4.99. The molecule has 0 radical (unpaired) electrons. The van der Waals surface area contributed by atoms with E-state index in [1.54, 1.807) is 31.2 Å². The maximum Gasteiger partial charge on any atom is 0.416 e. The number of nitrogens with one attached hydrogen (secondary N) is 1. The molecule has 0 aromatic heterocycles. The zero-order valence-corrected chi connectivity index (χ0v) is 15.4. The van der Waals surface area contributed by atoms with E-state index in [0.717, 1.165) is 12.1 Å². The van der Waals surface area contributed by atoms with E-state index >= 15 is 0 Å². The topological polar surface area (TPSA) is 47.6 Å². The number of ether oxygens (including phenoxy) is 2. The van der Waals surface area contributed by atoms with E-state index in [-0.39, 0.29) is 0 Å². The third-order valence-corrected chi connectivity index (χ3v) is 3.87. The summed E-state index contributed by atoms with van der Waals surface area (Å²) in [6.45, 7) is 6.15. The van der Waals surface area contributed by atoms with Crippen LogP contribution in [-0.4, -0.2) is 19.1 Å². The first-order valence-electron chi connectivity index (χ1n) is 8.63. The first-order valence-corrected chi connectivity index (χ1v) is 8.63. The normalized spacial score (nSPS) is 12.4. The predicted molar refractivity (Wildman–Crippen MR) is 96.1 cm³/mol. The fraction of sp³-hybridized carbons (Fsp3) is 0.350. The van der Waals surface area contributed by atoms with Crippen molar-refractivity contribution in [2.75, 3.05) is 13.2 Å². The second-order valence-corrected chi connectivity index (χ2v) is 5.85. The molecule has 0 fully saturated rings. The number of hydrogen-bond donors (Lipinski definition) is 1. The molecule has 0 aliphatic rings. The van der Waals surface area contributed by atoms with Gasteiger partial charge in [0.2, 0.25) is 0 Å². The number of halogens is 3. The Morgan fingerprint density at radius 2 is 1.70 bits per heavy atom. The van der Waals surface area contributed by atoms with Crippen molar-refractivity contribution in [2.24, 2.45) is 0 Å².